The third kappa shape index (κ3) is 4.99. The molecule has 0 saturated carbocycles. The molecule has 1 atom stereocenters. The molecule has 1 aromatic heterocycles. The number of pyridine rings is 1. The van der Waals surface area contributed by atoms with Crippen molar-refractivity contribution >= 4 is 10.0 Å². The molecular weight excluding hydrogens is 264 g/mol. The Kier molecular flexibility index (Phi) is 5.96. The molecule has 0 spiro atoms. The number of sulfonamides is 1. The van der Waals surface area contributed by atoms with Crippen molar-refractivity contribution in [3.05, 3.63) is 24.0 Å². The van der Waals surface area contributed by atoms with Crippen molar-refractivity contribution in [1.29, 1.82) is 0 Å². The third-order valence-corrected chi connectivity index (χ3v) is 3.97. The molecule has 0 radical (unpaired) electrons. The third-order valence-electron chi connectivity index (χ3n) is 2.41. The van der Waals surface area contributed by atoms with Crippen LogP contribution in [0, 0.1) is 11.8 Å². The normalized spacial score (nSPS) is 12.6. The summed E-state index contributed by atoms with van der Waals surface area (Å²) in [6, 6.07) is 1.32. The smallest absolute Gasteiger partial charge is 0.242 e. The molecule has 0 aliphatic heterocycles. The molecule has 1 aromatic rings. The highest BCUT2D eigenvalue weighted by Crippen LogP contribution is 2.10. The van der Waals surface area contributed by atoms with E-state index in [0.29, 0.717) is 5.56 Å². The van der Waals surface area contributed by atoms with Gasteiger partial charge in [0.05, 0.1) is 0 Å². The zero-order valence-electron chi connectivity index (χ0n) is 11.0. The Balaban J connectivity index is 2.95. The van der Waals surface area contributed by atoms with Gasteiger partial charge in [0.15, 0.2) is 0 Å². The highest BCUT2D eigenvalue weighted by Gasteiger charge is 2.17. The maximum absolute atomic E-state index is 12.1. The molecule has 0 aromatic carbocycles. The lowest BCUT2D eigenvalue weighted by atomic mass is 10.2. The summed E-state index contributed by atoms with van der Waals surface area (Å²) in [5.74, 6) is 5.09. The molecule has 0 aliphatic rings. The van der Waals surface area contributed by atoms with Gasteiger partial charge in [0, 0.05) is 24.0 Å². The van der Waals surface area contributed by atoms with Crippen LogP contribution in [0.15, 0.2) is 23.4 Å². The number of nitrogens with one attached hydrogen (secondary N) is 1. The van der Waals surface area contributed by atoms with E-state index < -0.39 is 10.0 Å². The van der Waals surface area contributed by atoms with Gasteiger partial charge in [-0.05, 0) is 19.4 Å². The molecule has 1 unspecified atom stereocenters. The van der Waals surface area contributed by atoms with Crippen LogP contribution in [0.5, 0.6) is 0 Å². The fourth-order valence-corrected chi connectivity index (χ4v) is 2.87. The second-order valence-corrected chi connectivity index (χ2v) is 5.89. The first-order valence-electron chi connectivity index (χ1n) is 6.06. The van der Waals surface area contributed by atoms with E-state index in [0.717, 1.165) is 12.8 Å². The maximum atomic E-state index is 12.1. The zero-order chi connectivity index (χ0) is 14.3. The van der Waals surface area contributed by atoms with Crippen LogP contribution in [0.2, 0.25) is 0 Å². The van der Waals surface area contributed by atoms with E-state index in [1.54, 1.807) is 0 Å². The monoisotopic (exact) mass is 282 g/mol. The first-order valence-corrected chi connectivity index (χ1v) is 7.55. The van der Waals surface area contributed by atoms with Crippen molar-refractivity contribution in [2.24, 2.45) is 0 Å². The number of rotatable bonds is 5. The summed E-state index contributed by atoms with van der Waals surface area (Å²) in [5.41, 5.74) is 0.458. The van der Waals surface area contributed by atoms with Crippen LogP contribution in [0.3, 0.4) is 0 Å². The van der Waals surface area contributed by atoms with Gasteiger partial charge in [0.2, 0.25) is 10.0 Å². The Hall–Kier alpha value is -1.42. The van der Waals surface area contributed by atoms with Crippen molar-refractivity contribution in [1.82, 2.24) is 9.71 Å². The van der Waals surface area contributed by atoms with Gasteiger partial charge in [-0.3, -0.25) is 4.98 Å². The van der Waals surface area contributed by atoms with Crippen LogP contribution in [0.25, 0.3) is 0 Å². The fourth-order valence-electron chi connectivity index (χ4n) is 1.60. The van der Waals surface area contributed by atoms with E-state index >= 15 is 0 Å². The number of hydrogen-bond acceptors (Lipinski definition) is 4. The first kappa shape index (κ1) is 15.6. The Labute approximate surface area is 114 Å². The van der Waals surface area contributed by atoms with Crippen LogP contribution in [0.4, 0.5) is 0 Å². The molecule has 104 valence electrons. The lowest BCUT2D eigenvalue weighted by molar-refractivity contribution is 0.350. The lowest BCUT2D eigenvalue weighted by Crippen LogP contribution is -2.32. The Morgan fingerprint density at radius 2 is 2.21 bits per heavy atom. The largest absolute Gasteiger partial charge is 0.384 e. The van der Waals surface area contributed by atoms with Crippen molar-refractivity contribution in [3.63, 3.8) is 0 Å². The summed E-state index contributed by atoms with van der Waals surface area (Å²) in [7, 11) is -3.57. The molecule has 2 N–H and O–H groups in total. The van der Waals surface area contributed by atoms with Crippen molar-refractivity contribution in [2.45, 2.75) is 37.6 Å². The Morgan fingerprint density at radius 1 is 1.47 bits per heavy atom. The van der Waals surface area contributed by atoms with Gasteiger partial charge >= 0.3 is 0 Å². The quantitative estimate of drug-likeness (QED) is 0.786. The van der Waals surface area contributed by atoms with Gasteiger partial charge in [0.25, 0.3) is 0 Å². The topological polar surface area (TPSA) is 79.3 Å². The van der Waals surface area contributed by atoms with Crippen molar-refractivity contribution < 1.29 is 13.5 Å². The number of aromatic nitrogens is 1. The molecule has 19 heavy (non-hydrogen) atoms. The fraction of sp³-hybridized carbons (Fsp3) is 0.462. The average molecular weight is 282 g/mol. The minimum absolute atomic E-state index is 0.0835. The molecule has 0 bridgehead atoms. The summed E-state index contributed by atoms with van der Waals surface area (Å²) >= 11 is 0. The molecule has 0 amide bonds. The van der Waals surface area contributed by atoms with E-state index in [-0.39, 0.29) is 17.5 Å². The van der Waals surface area contributed by atoms with Crippen LogP contribution in [-0.4, -0.2) is 31.2 Å². The highest BCUT2D eigenvalue weighted by atomic mass is 32.2. The predicted molar refractivity (Wildman–Crippen MR) is 72.9 cm³/mol. The van der Waals surface area contributed by atoms with Gasteiger partial charge in [-0.2, -0.15) is 0 Å². The number of hydrogen-bond donors (Lipinski definition) is 2. The zero-order valence-corrected chi connectivity index (χ0v) is 11.9. The van der Waals surface area contributed by atoms with Crippen LogP contribution in [0.1, 0.15) is 32.3 Å². The molecule has 0 fully saturated rings. The minimum atomic E-state index is -3.57. The van der Waals surface area contributed by atoms with E-state index in [1.165, 1.54) is 18.5 Å². The molecule has 1 rings (SSSR count). The lowest BCUT2D eigenvalue weighted by Gasteiger charge is -2.13. The standard InChI is InChI=1S/C13H18N2O3S/c1-3-5-11(2)15-19(17,18)13-8-12(6-4-7-16)9-14-10-13/h8-11,15-16H,3,5,7H2,1-2H3. The average Bonchev–Trinajstić information content (AvgIpc) is 2.36. The van der Waals surface area contributed by atoms with Crippen LogP contribution in [-0.2, 0) is 10.0 Å². The minimum Gasteiger partial charge on any atom is -0.384 e. The second kappa shape index (κ2) is 7.24. The van der Waals surface area contributed by atoms with Gasteiger partial charge in [0.1, 0.15) is 11.5 Å². The SMILES string of the molecule is CCCC(C)NS(=O)(=O)c1cncc(C#CCO)c1. The summed E-state index contributed by atoms with van der Waals surface area (Å²) in [6.07, 6.45) is 4.42. The van der Waals surface area contributed by atoms with E-state index in [1.807, 2.05) is 13.8 Å². The summed E-state index contributed by atoms with van der Waals surface area (Å²) in [6.45, 7) is 3.55. The molecule has 0 saturated heterocycles. The van der Waals surface area contributed by atoms with Gasteiger partial charge in [-0.25, -0.2) is 13.1 Å². The second-order valence-electron chi connectivity index (χ2n) is 4.18. The van der Waals surface area contributed by atoms with E-state index in [9.17, 15) is 8.42 Å². The Morgan fingerprint density at radius 3 is 2.84 bits per heavy atom. The molecule has 0 aliphatic carbocycles. The summed E-state index contributed by atoms with van der Waals surface area (Å²) in [4.78, 5) is 3.94. The number of nitrogens with zero attached hydrogens (tertiary/aromatic N) is 1. The summed E-state index contributed by atoms with van der Waals surface area (Å²) in [5, 5.41) is 8.61. The first-order chi connectivity index (χ1) is 8.99. The van der Waals surface area contributed by atoms with E-state index in [2.05, 4.69) is 21.5 Å². The molecule has 5 nitrogen and oxygen atoms in total. The van der Waals surface area contributed by atoms with Crippen LogP contribution >= 0.6 is 0 Å². The number of aliphatic hydroxyl groups excluding tert-OH is 1. The number of aliphatic hydroxyl groups is 1. The molecule has 1 heterocycles. The van der Waals surface area contributed by atoms with Crippen LogP contribution < -0.4 is 4.72 Å². The predicted octanol–water partition coefficient (Wildman–Crippen LogP) is 0.892. The van der Waals surface area contributed by atoms with Crippen molar-refractivity contribution in [2.75, 3.05) is 6.61 Å². The van der Waals surface area contributed by atoms with Crippen molar-refractivity contribution in [3.8, 4) is 11.8 Å². The maximum Gasteiger partial charge on any atom is 0.242 e. The molecular formula is C13H18N2O3S. The van der Waals surface area contributed by atoms with E-state index in [4.69, 9.17) is 5.11 Å². The Bertz CT molecular complexity index is 573. The highest BCUT2D eigenvalue weighted by molar-refractivity contribution is 7.89. The molecule has 6 heteroatoms. The summed E-state index contributed by atoms with van der Waals surface area (Å²) < 4.78 is 26.8. The van der Waals surface area contributed by atoms with Gasteiger partial charge < -0.3 is 5.11 Å². The van der Waals surface area contributed by atoms with Gasteiger partial charge in [-0.1, -0.05) is 25.2 Å². The van der Waals surface area contributed by atoms with Gasteiger partial charge in [-0.15, -0.1) is 0 Å².